The Labute approximate surface area is 152 Å². The average Bonchev–Trinajstić information content (AvgIpc) is 2.96. The third-order valence-electron chi connectivity index (χ3n) is 3.75. The van der Waals surface area contributed by atoms with Gasteiger partial charge in [0, 0.05) is 21.0 Å². The smallest absolute Gasteiger partial charge is 0.305 e. The van der Waals surface area contributed by atoms with Crippen LogP contribution in [0, 0.1) is 6.92 Å². The maximum absolute atomic E-state index is 12.3. The van der Waals surface area contributed by atoms with Crippen LogP contribution in [0.2, 0.25) is 0 Å². The van der Waals surface area contributed by atoms with Crippen molar-refractivity contribution >= 4 is 38.7 Å². The number of benzene rings is 2. The number of hydrogen-bond donors (Lipinski definition) is 2. The second-order valence-corrected chi connectivity index (χ2v) is 6.25. The summed E-state index contributed by atoms with van der Waals surface area (Å²) in [5.41, 5.74) is 6.44. The van der Waals surface area contributed by atoms with Crippen LogP contribution in [0.25, 0.3) is 11.0 Å². The summed E-state index contributed by atoms with van der Waals surface area (Å²) in [6.45, 7) is 1.79. The summed E-state index contributed by atoms with van der Waals surface area (Å²) < 4.78 is 11.5. The first-order chi connectivity index (χ1) is 12.0. The first kappa shape index (κ1) is 17.0. The Hall–Kier alpha value is -2.80. The van der Waals surface area contributed by atoms with E-state index in [-0.39, 0.29) is 5.76 Å². The van der Waals surface area contributed by atoms with Gasteiger partial charge in [0.25, 0.3) is 5.91 Å². The summed E-state index contributed by atoms with van der Waals surface area (Å²) in [6.07, 6.45) is 0. The summed E-state index contributed by atoms with van der Waals surface area (Å²) in [5, 5.41) is 0.834. The van der Waals surface area contributed by atoms with E-state index in [2.05, 4.69) is 26.8 Å². The number of methoxy groups -OCH3 is 1. The number of hydrazine groups is 1. The number of ether oxygens (including phenoxy) is 1. The minimum atomic E-state index is -0.522. The Kier molecular flexibility index (Phi) is 4.76. The number of aryl methyl sites for hydroxylation is 1. The van der Waals surface area contributed by atoms with Gasteiger partial charge in [-0.1, -0.05) is 15.9 Å². The van der Waals surface area contributed by atoms with Crippen molar-refractivity contribution in [2.45, 2.75) is 6.92 Å². The summed E-state index contributed by atoms with van der Waals surface area (Å²) in [4.78, 5) is 24.4. The van der Waals surface area contributed by atoms with Crippen LogP contribution in [0.1, 0.15) is 26.5 Å². The van der Waals surface area contributed by atoms with Crippen LogP contribution in [0.3, 0.4) is 0 Å². The molecule has 0 spiro atoms. The average molecular weight is 403 g/mol. The molecule has 0 bridgehead atoms. The fourth-order valence-corrected chi connectivity index (χ4v) is 2.76. The lowest BCUT2D eigenvalue weighted by atomic mass is 10.1. The van der Waals surface area contributed by atoms with Crippen LogP contribution in [0.15, 0.2) is 51.4 Å². The molecule has 0 aliphatic carbocycles. The van der Waals surface area contributed by atoms with E-state index in [0.29, 0.717) is 22.5 Å². The third-order valence-corrected chi connectivity index (χ3v) is 4.24. The van der Waals surface area contributed by atoms with Crippen molar-refractivity contribution in [3.8, 4) is 5.75 Å². The van der Waals surface area contributed by atoms with Gasteiger partial charge in [-0.2, -0.15) is 0 Å². The zero-order valence-electron chi connectivity index (χ0n) is 13.6. The predicted octanol–water partition coefficient (Wildman–Crippen LogP) is 3.59. The molecule has 1 heterocycles. The van der Waals surface area contributed by atoms with Gasteiger partial charge in [-0.05, 0) is 49.4 Å². The molecule has 7 heteroatoms. The van der Waals surface area contributed by atoms with E-state index >= 15 is 0 Å². The molecule has 25 heavy (non-hydrogen) atoms. The molecule has 0 radical (unpaired) electrons. The molecule has 128 valence electrons. The zero-order chi connectivity index (χ0) is 18.0. The van der Waals surface area contributed by atoms with Gasteiger partial charge in [0.1, 0.15) is 11.3 Å². The monoisotopic (exact) mass is 402 g/mol. The summed E-state index contributed by atoms with van der Waals surface area (Å²) >= 11 is 3.39. The lowest BCUT2D eigenvalue weighted by molar-refractivity contribution is 0.0831. The molecule has 3 aromatic rings. The van der Waals surface area contributed by atoms with Crippen molar-refractivity contribution in [3.63, 3.8) is 0 Å². The van der Waals surface area contributed by atoms with Crippen molar-refractivity contribution in [1.29, 1.82) is 0 Å². The Bertz CT molecular complexity index is 948. The number of rotatable bonds is 3. The molecule has 3 rings (SSSR count). The zero-order valence-corrected chi connectivity index (χ0v) is 15.1. The number of halogens is 1. The number of carbonyl (C=O) groups is 2. The SMILES string of the molecule is COc1ccc(C(=O)NNC(=O)c2oc3ccc(Br)cc3c2C)cc1. The highest BCUT2D eigenvalue weighted by molar-refractivity contribution is 9.10. The highest BCUT2D eigenvalue weighted by atomic mass is 79.9. The Morgan fingerprint density at radius 2 is 1.72 bits per heavy atom. The molecule has 6 nitrogen and oxygen atoms in total. The quantitative estimate of drug-likeness (QED) is 0.655. The van der Waals surface area contributed by atoms with Crippen molar-refractivity contribution in [1.82, 2.24) is 10.9 Å². The van der Waals surface area contributed by atoms with Crippen molar-refractivity contribution in [2.75, 3.05) is 7.11 Å². The molecule has 1 aromatic heterocycles. The van der Waals surface area contributed by atoms with E-state index < -0.39 is 11.8 Å². The van der Waals surface area contributed by atoms with Crippen LogP contribution >= 0.6 is 15.9 Å². The number of carbonyl (C=O) groups excluding carboxylic acids is 2. The molecule has 0 aliphatic rings. The molecule has 0 saturated carbocycles. The van der Waals surface area contributed by atoms with E-state index in [4.69, 9.17) is 9.15 Å². The first-order valence-corrected chi connectivity index (χ1v) is 8.22. The lowest BCUT2D eigenvalue weighted by Gasteiger charge is -2.07. The second-order valence-electron chi connectivity index (χ2n) is 5.33. The van der Waals surface area contributed by atoms with Gasteiger partial charge in [0.2, 0.25) is 0 Å². The third kappa shape index (κ3) is 3.51. The Balaban J connectivity index is 1.71. The second kappa shape index (κ2) is 6.98. The highest BCUT2D eigenvalue weighted by Crippen LogP contribution is 2.27. The van der Waals surface area contributed by atoms with Gasteiger partial charge in [-0.3, -0.25) is 20.4 Å². The van der Waals surface area contributed by atoms with E-state index in [9.17, 15) is 9.59 Å². The molecule has 0 saturated heterocycles. The number of fused-ring (bicyclic) bond motifs is 1. The van der Waals surface area contributed by atoms with E-state index in [1.165, 1.54) is 0 Å². The molecular weight excluding hydrogens is 388 g/mol. The van der Waals surface area contributed by atoms with Crippen LogP contribution in [0.4, 0.5) is 0 Å². The van der Waals surface area contributed by atoms with Crippen LogP contribution < -0.4 is 15.6 Å². The first-order valence-electron chi connectivity index (χ1n) is 7.43. The van der Waals surface area contributed by atoms with E-state index in [0.717, 1.165) is 9.86 Å². The molecule has 2 aromatic carbocycles. The molecule has 0 fully saturated rings. The highest BCUT2D eigenvalue weighted by Gasteiger charge is 2.18. The molecule has 0 aliphatic heterocycles. The fourth-order valence-electron chi connectivity index (χ4n) is 2.39. The Morgan fingerprint density at radius 1 is 1.04 bits per heavy atom. The number of furan rings is 1. The summed E-state index contributed by atoms with van der Waals surface area (Å²) in [7, 11) is 1.55. The molecule has 0 unspecified atom stereocenters. The standard InChI is InChI=1S/C18H15BrN2O4/c1-10-14-9-12(19)5-8-15(14)25-16(10)18(23)21-20-17(22)11-3-6-13(24-2)7-4-11/h3-9H,1-2H3,(H,20,22)(H,21,23). The van der Waals surface area contributed by atoms with E-state index in [1.54, 1.807) is 44.4 Å². The van der Waals surface area contributed by atoms with Gasteiger partial charge in [0.05, 0.1) is 7.11 Å². The largest absolute Gasteiger partial charge is 0.497 e. The summed E-state index contributed by atoms with van der Waals surface area (Å²) in [6, 6.07) is 12.0. The number of amides is 2. The van der Waals surface area contributed by atoms with Gasteiger partial charge in [-0.15, -0.1) is 0 Å². The van der Waals surface area contributed by atoms with Gasteiger partial charge in [0.15, 0.2) is 5.76 Å². The molecular formula is C18H15BrN2O4. The van der Waals surface area contributed by atoms with Crippen LogP contribution in [-0.4, -0.2) is 18.9 Å². The minimum Gasteiger partial charge on any atom is -0.497 e. The molecule has 2 amide bonds. The normalized spacial score (nSPS) is 10.5. The summed E-state index contributed by atoms with van der Waals surface area (Å²) in [5.74, 6) is -0.160. The van der Waals surface area contributed by atoms with Crippen molar-refractivity contribution < 1.29 is 18.7 Å². The van der Waals surface area contributed by atoms with Crippen molar-refractivity contribution in [3.05, 3.63) is 63.8 Å². The predicted molar refractivity (Wildman–Crippen MR) is 96.6 cm³/mol. The van der Waals surface area contributed by atoms with Crippen LogP contribution in [0.5, 0.6) is 5.75 Å². The van der Waals surface area contributed by atoms with Crippen molar-refractivity contribution in [2.24, 2.45) is 0 Å². The van der Waals surface area contributed by atoms with Gasteiger partial charge < -0.3 is 9.15 Å². The maximum atomic E-state index is 12.3. The van der Waals surface area contributed by atoms with E-state index in [1.807, 2.05) is 12.1 Å². The Morgan fingerprint density at radius 3 is 2.40 bits per heavy atom. The van der Waals surface area contributed by atoms with Crippen LogP contribution in [-0.2, 0) is 0 Å². The molecule has 0 atom stereocenters. The van der Waals surface area contributed by atoms with Gasteiger partial charge >= 0.3 is 5.91 Å². The number of nitrogens with one attached hydrogen (secondary N) is 2. The fraction of sp³-hybridized carbons (Fsp3) is 0.111. The topological polar surface area (TPSA) is 80.6 Å². The number of hydrogen-bond acceptors (Lipinski definition) is 4. The van der Waals surface area contributed by atoms with Gasteiger partial charge in [-0.25, -0.2) is 0 Å². The minimum absolute atomic E-state index is 0.156. The lowest BCUT2D eigenvalue weighted by Crippen LogP contribution is -2.41. The molecule has 2 N–H and O–H groups in total. The maximum Gasteiger partial charge on any atom is 0.305 e.